The third-order valence-electron chi connectivity index (χ3n) is 3.45. The fourth-order valence-corrected chi connectivity index (χ4v) is 2.43. The van der Waals surface area contributed by atoms with Gasteiger partial charge in [-0.2, -0.15) is 4.68 Å². The van der Waals surface area contributed by atoms with Crippen molar-refractivity contribution in [1.29, 1.82) is 0 Å². The van der Waals surface area contributed by atoms with Crippen LogP contribution in [-0.4, -0.2) is 10.6 Å². The molecule has 1 amide bonds. The Balaban J connectivity index is 0.00000242. The molecule has 0 saturated heterocycles. The number of rotatable bonds is 5. The summed E-state index contributed by atoms with van der Waals surface area (Å²) in [6.07, 6.45) is 3.94. The number of benzene rings is 1. The molecule has 0 spiro atoms. The van der Waals surface area contributed by atoms with E-state index < -0.39 is 0 Å². The number of carbonyl (C=O) groups excluding carboxylic acids is 1. The van der Waals surface area contributed by atoms with Gasteiger partial charge in [0, 0.05) is 44.5 Å². The maximum atomic E-state index is 12.3. The summed E-state index contributed by atoms with van der Waals surface area (Å²) < 4.78 is 4.03. The minimum atomic E-state index is 0. The number of carbonyl (C=O) groups is 1. The summed E-state index contributed by atoms with van der Waals surface area (Å²) in [5.74, 6) is 0.548. The molecule has 0 saturated carbocycles. The second kappa shape index (κ2) is 8.59. The average Bonchev–Trinajstić information content (AvgIpc) is 2.80. The molecule has 2 aromatic rings. The molecule has 22 heavy (non-hydrogen) atoms. The van der Waals surface area contributed by atoms with Crippen LogP contribution in [-0.2, 0) is 50.6 Å². The number of hydrogen-bond donors (Lipinski definition) is 1. The molecule has 0 aliphatic heterocycles. The van der Waals surface area contributed by atoms with Gasteiger partial charge in [0.25, 0.3) is 5.91 Å². The minimum absolute atomic E-state index is 0. The van der Waals surface area contributed by atoms with Crippen LogP contribution < -0.4 is 10.00 Å². The molecule has 0 atom stereocenters. The van der Waals surface area contributed by atoms with E-state index in [-0.39, 0.29) is 38.6 Å². The van der Waals surface area contributed by atoms with Crippen molar-refractivity contribution in [3.8, 4) is 0 Å². The maximum absolute atomic E-state index is 12.3. The van der Waals surface area contributed by atoms with Gasteiger partial charge in [0.1, 0.15) is 0 Å². The van der Waals surface area contributed by atoms with Gasteiger partial charge in [-0.05, 0) is 30.9 Å². The van der Waals surface area contributed by atoms with Crippen molar-refractivity contribution in [1.82, 2.24) is 4.68 Å². The van der Waals surface area contributed by atoms with Crippen LogP contribution in [0, 0.1) is 19.8 Å². The van der Waals surface area contributed by atoms with Crippen LogP contribution in [0.25, 0.3) is 0 Å². The molecule has 0 unspecified atom stereocenters. The summed E-state index contributed by atoms with van der Waals surface area (Å²) in [7, 11) is 0. The van der Waals surface area contributed by atoms with E-state index in [0.29, 0.717) is 12.5 Å². The Morgan fingerprint density at radius 1 is 1.23 bits per heavy atom. The number of anilines is 1. The van der Waals surface area contributed by atoms with E-state index in [2.05, 4.69) is 23.8 Å². The summed E-state index contributed by atoms with van der Waals surface area (Å²) in [6.45, 7) is 9.59. The second-order valence-corrected chi connectivity index (χ2v) is 5.92. The van der Waals surface area contributed by atoms with E-state index in [1.807, 2.05) is 55.2 Å². The van der Waals surface area contributed by atoms with Gasteiger partial charge in [0.15, 0.2) is 6.20 Å². The molecular weight excluding hydrogens is 351 g/mol. The first-order valence-electron chi connectivity index (χ1n) is 7.38. The summed E-state index contributed by atoms with van der Waals surface area (Å²) >= 11 is 0. The van der Waals surface area contributed by atoms with Crippen molar-refractivity contribution in [3.63, 3.8) is 0 Å². The van der Waals surface area contributed by atoms with Crippen LogP contribution in [0.2, 0.25) is 0 Å². The molecule has 115 valence electrons. The zero-order valence-corrected chi connectivity index (χ0v) is 16.7. The van der Waals surface area contributed by atoms with E-state index in [0.717, 1.165) is 23.4 Å². The minimum Gasteiger partial charge on any atom is -0.320 e. The Morgan fingerprint density at radius 3 is 2.45 bits per heavy atom. The van der Waals surface area contributed by atoms with Crippen LogP contribution in [0.4, 0.5) is 5.69 Å². The largest absolute Gasteiger partial charge is 0.320 e. The second-order valence-electron chi connectivity index (χ2n) is 5.92. The molecule has 0 aliphatic rings. The van der Waals surface area contributed by atoms with E-state index in [1.54, 1.807) is 0 Å². The average molecular weight is 375 g/mol. The van der Waals surface area contributed by atoms with Crippen LogP contribution in [0.1, 0.15) is 25.0 Å². The van der Waals surface area contributed by atoms with Gasteiger partial charge in [-0.15, -0.1) is 4.68 Å². The van der Waals surface area contributed by atoms with Crippen LogP contribution in [0.5, 0.6) is 0 Å². The normalized spacial score (nSPS) is 10.4. The first-order chi connectivity index (χ1) is 9.97. The van der Waals surface area contributed by atoms with Crippen molar-refractivity contribution in [3.05, 3.63) is 47.8 Å². The summed E-state index contributed by atoms with van der Waals surface area (Å²) in [5, 5.41) is 3.02. The molecule has 0 fully saturated rings. The van der Waals surface area contributed by atoms with Crippen molar-refractivity contribution < 1.29 is 42.2 Å². The SMILES string of the molecule is Cc1cccc(C)c1NC(=O)C[n+]1cccn1CC(C)C.[Y]. The fraction of sp³-hybridized carbons (Fsp3) is 0.412. The topological polar surface area (TPSA) is 37.9 Å². The number of aromatic nitrogens is 2. The zero-order valence-electron chi connectivity index (χ0n) is 13.8. The number of para-hydroxylation sites is 1. The third-order valence-corrected chi connectivity index (χ3v) is 3.45. The van der Waals surface area contributed by atoms with Gasteiger partial charge in [0.2, 0.25) is 6.54 Å². The number of hydrogen-bond acceptors (Lipinski definition) is 1. The van der Waals surface area contributed by atoms with Crippen LogP contribution >= 0.6 is 0 Å². The molecule has 0 bridgehead atoms. The Bertz CT molecular complexity index is 614. The maximum Gasteiger partial charge on any atom is 0.292 e. The van der Waals surface area contributed by atoms with Gasteiger partial charge in [-0.25, -0.2) is 0 Å². The predicted molar refractivity (Wildman–Crippen MR) is 84.0 cm³/mol. The number of nitrogens with one attached hydrogen (secondary N) is 1. The number of nitrogens with zero attached hydrogens (tertiary/aromatic N) is 2. The zero-order chi connectivity index (χ0) is 15.4. The first kappa shape index (κ1) is 19.1. The Hall–Kier alpha value is -0.996. The van der Waals surface area contributed by atoms with Crippen molar-refractivity contribution in [2.75, 3.05) is 5.32 Å². The van der Waals surface area contributed by atoms with Crippen molar-refractivity contribution >= 4 is 11.6 Å². The first-order valence-corrected chi connectivity index (χ1v) is 7.38. The summed E-state index contributed by atoms with van der Waals surface area (Å²) in [6, 6.07) is 7.99. The van der Waals surface area contributed by atoms with E-state index in [1.165, 1.54) is 0 Å². The summed E-state index contributed by atoms with van der Waals surface area (Å²) in [5.41, 5.74) is 3.10. The van der Waals surface area contributed by atoms with Gasteiger partial charge in [0.05, 0.1) is 12.7 Å². The van der Waals surface area contributed by atoms with Gasteiger partial charge < -0.3 is 5.32 Å². The van der Waals surface area contributed by atoms with Crippen molar-refractivity contribution in [2.45, 2.75) is 40.8 Å². The van der Waals surface area contributed by atoms with E-state index in [9.17, 15) is 4.79 Å². The summed E-state index contributed by atoms with van der Waals surface area (Å²) in [4.78, 5) is 12.3. The van der Waals surface area contributed by atoms with E-state index in [4.69, 9.17) is 0 Å². The van der Waals surface area contributed by atoms with Crippen LogP contribution in [0.15, 0.2) is 36.7 Å². The van der Waals surface area contributed by atoms with Crippen LogP contribution in [0.3, 0.4) is 0 Å². The molecule has 1 radical (unpaired) electrons. The molecule has 1 N–H and O–H groups in total. The molecule has 5 heteroatoms. The van der Waals surface area contributed by atoms with Gasteiger partial charge in [-0.3, -0.25) is 4.79 Å². The molecule has 1 aromatic carbocycles. The van der Waals surface area contributed by atoms with Gasteiger partial charge in [-0.1, -0.05) is 32.0 Å². The Morgan fingerprint density at radius 2 is 1.86 bits per heavy atom. The third kappa shape index (κ3) is 5.03. The molecule has 1 heterocycles. The molecule has 1 aromatic heterocycles. The standard InChI is InChI=1S/C17H23N3O.Y/c1-13(2)11-19-9-6-10-20(19)12-16(21)18-17-14(3)7-5-8-15(17)4;/h5-10,13H,11-12H2,1-4H3;/p+1. The number of amides is 1. The van der Waals surface area contributed by atoms with E-state index >= 15 is 0 Å². The molecule has 4 nitrogen and oxygen atoms in total. The Labute approximate surface area is 157 Å². The van der Waals surface area contributed by atoms with Gasteiger partial charge >= 0.3 is 0 Å². The molecular formula is C17H24N3OY+. The monoisotopic (exact) mass is 375 g/mol. The predicted octanol–water partition coefficient (Wildman–Crippen LogP) is 2.68. The molecule has 0 aliphatic carbocycles. The van der Waals surface area contributed by atoms with Crippen molar-refractivity contribution in [2.24, 2.45) is 5.92 Å². The number of aryl methyl sites for hydroxylation is 2. The smallest absolute Gasteiger partial charge is 0.292 e. The Kier molecular flexibility index (Phi) is 7.44. The quantitative estimate of drug-likeness (QED) is 0.802. The molecule has 2 rings (SSSR count). The fourth-order valence-electron chi connectivity index (χ4n) is 2.43.